The molecule has 6 aromatic rings. The summed E-state index contributed by atoms with van der Waals surface area (Å²) in [5.74, 6) is 0.451. The number of para-hydroxylation sites is 2. The fourth-order valence-corrected chi connectivity index (χ4v) is 4.54. The fourth-order valence-electron chi connectivity index (χ4n) is 4.54. The van der Waals surface area contributed by atoms with Crippen LogP contribution in [0.15, 0.2) is 108 Å². The van der Waals surface area contributed by atoms with Gasteiger partial charge in [0, 0.05) is 39.3 Å². The predicted octanol–water partition coefficient (Wildman–Crippen LogP) is 6.54. The number of nitrogens with two attached hydrogens (primary N) is 1. The van der Waals surface area contributed by atoms with Gasteiger partial charge in [-0.1, -0.05) is 48.5 Å². The van der Waals surface area contributed by atoms with Crippen LogP contribution in [0.3, 0.4) is 0 Å². The van der Waals surface area contributed by atoms with Crippen LogP contribution in [-0.2, 0) is 6.42 Å². The summed E-state index contributed by atoms with van der Waals surface area (Å²) in [6.45, 7) is 0.578. The Morgan fingerprint density at radius 2 is 1.61 bits per heavy atom. The largest absolute Gasteiger partial charge is 0.455 e. The number of fused-ring (bicyclic) bond motifs is 3. The molecule has 1 amide bonds. The monoisotopic (exact) mass is 499 g/mol. The van der Waals surface area contributed by atoms with Gasteiger partial charge in [-0.25, -0.2) is 9.97 Å². The molecule has 0 bridgehead atoms. The van der Waals surface area contributed by atoms with Crippen LogP contribution in [0, 0.1) is 0 Å². The van der Waals surface area contributed by atoms with Crippen molar-refractivity contribution < 1.29 is 9.21 Å². The first kappa shape index (κ1) is 23.4. The average molecular weight is 500 g/mol. The van der Waals surface area contributed by atoms with Gasteiger partial charge < -0.3 is 20.8 Å². The zero-order chi connectivity index (χ0) is 25.9. The number of nitrogens with one attached hydrogen (secondary N) is 2. The van der Waals surface area contributed by atoms with E-state index in [9.17, 15) is 4.79 Å². The van der Waals surface area contributed by atoms with Crippen molar-refractivity contribution in [3.8, 4) is 11.3 Å². The molecule has 0 radical (unpaired) electrons. The van der Waals surface area contributed by atoms with E-state index in [1.807, 2.05) is 84.9 Å². The van der Waals surface area contributed by atoms with E-state index in [2.05, 4.69) is 32.7 Å². The number of hydrogen-bond acceptors (Lipinski definition) is 6. The second kappa shape index (κ2) is 10.2. The fraction of sp³-hybridized carbons (Fsp3) is 0.0645. The predicted molar refractivity (Wildman–Crippen MR) is 152 cm³/mol. The van der Waals surface area contributed by atoms with E-state index >= 15 is 0 Å². The Morgan fingerprint density at radius 1 is 0.816 bits per heavy atom. The number of carbonyl (C=O) groups is 1. The van der Waals surface area contributed by atoms with Crippen LogP contribution in [0.1, 0.15) is 15.9 Å². The van der Waals surface area contributed by atoms with E-state index in [0.29, 0.717) is 23.6 Å². The number of carbonyl (C=O) groups excluding carboxylic acids is 1. The number of rotatable bonds is 7. The summed E-state index contributed by atoms with van der Waals surface area (Å²) in [4.78, 5) is 21.6. The lowest BCUT2D eigenvalue weighted by Gasteiger charge is -2.10. The first-order valence-corrected chi connectivity index (χ1v) is 12.4. The second-order valence-electron chi connectivity index (χ2n) is 8.96. The van der Waals surface area contributed by atoms with Crippen LogP contribution in [-0.4, -0.2) is 22.4 Å². The van der Waals surface area contributed by atoms with Crippen molar-refractivity contribution in [2.24, 2.45) is 5.73 Å². The molecule has 186 valence electrons. The molecule has 7 heteroatoms. The van der Waals surface area contributed by atoms with Crippen LogP contribution in [0.25, 0.3) is 33.2 Å². The van der Waals surface area contributed by atoms with Gasteiger partial charge in [0.1, 0.15) is 23.3 Å². The molecule has 2 heterocycles. The number of hydrogen-bond donors (Lipinski definition) is 3. The smallest absolute Gasteiger partial charge is 0.255 e. The van der Waals surface area contributed by atoms with E-state index in [0.717, 1.165) is 50.9 Å². The maximum Gasteiger partial charge on any atom is 0.255 e. The molecule has 0 fully saturated rings. The highest BCUT2D eigenvalue weighted by Crippen LogP contribution is 2.35. The molecule has 0 aliphatic carbocycles. The van der Waals surface area contributed by atoms with Crippen molar-refractivity contribution in [1.29, 1.82) is 0 Å². The molecule has 2 aromatic heterocycles. The Bertz CT molecular complexity index is 1760. The van der Waals surface area contributed by atoms with Crippen LogP contribution in [0.4, 0.5) is 17.2 Å². The van der Waals surface area contributed by atoms with Crippen LogP contribution in [0.5, 0.6) is 0 Å². The molecule has 6 rings (SSSR count). The molecule has 0 aliphatic heterocycles. The number of anilines is 3. The minimum absolute atomic E-state index is 0.176. The number of amides is 1. The van der Waals surface area contributed by atoms with E-state index in [-0.39, 0.29) is 5.91 Å². The van der Waals surface area contributed by atoms with Crippen molar-refractivity contribution in [2.45, 2.75) is 6.42 Å². The first-order valence-electron chi connectivity index (χ1n) is 12.4. The molecule has 4 N–H and O–H groups in total. The molecule has 4 aromatic carbocycles. The molecule has 7 nitrogen and oxygen atoms in total. The molecule has 0 saturated heterocycles. The zero-order valence-corrected chi connectivity index (χ0v) is 20.5. The molecule has 0 spiro atoms. The molecular formula is C31H25N5O2. The summed E-state index contributed by atoms with van der Waals surface area (Å²) < 4.78 is 6.18. The van der Waals surface area contributed by atoms with Gasteiger partial charge in [-0.2, -0.15) is 0 Å². The van der Waals surface area contributed by atoms with Crippen molar-refractivity contribution in [2.75, 3.05) is 17.2 Å². The molecular weight excluding hydrogens is 474 g/mol. The highest BCUT2D eigenvalue weighted by atomic mass is 16.3. The minimum Gasteiger partial charge on any atom is -0.455 e. The SMILES string of the molecule is NCCc1ccc(C(=O)Nc2cccc(Nc3cc(-c4cccc5c4oc4ccccc45)ncn3)c2)cc1. The topological polar surface area (TPSA) is 106 Å². The van der Waals surface area contributed by atoms with E-state index < -0.39 is 0 Å². The van der Waals surface area contributed by atoms with Gasteiger partial charge in [-0.15, -0.1) is 0 Å². The number of furan rings is 1. The third-order valence-electron chi connectivity index (χ3n) is 6.39. The summed E-state index contributed by atoms with van der Waals surface area (Å²) in [6.07, 6.45) is 2.31. The maximum atomic E-state index is 12.7. The summed E-state index contributed by atoms with van der Waals surface area (Å²) in [5, 5.41) is 8.39. The number of nitrogens with zero attached hydrogens (tertiary/aromatic N) is 2. The molecule has 38 heavy (non-hydrogen) atoms. The molecule has 0 saturated carbocycles. The highest BCUT2D eigenvalue weighted by Gasteiger charge is 2.13. The van der Waals surface area contributed by atoms with Crippen molar-refractivity contribution in [3.05, 3.63) is 115 Å². The molecule has 0 atom stereocenters. The van der Waals surface area contributed by atoms with Crippen molar-refractivity contribution >= 4 is 45.0 Å². The highest BCUT2D eigenvalue weighted by molar-refractivity contribution is 6.09. The lowest BCUT2D eigenvalue weighted by atomic mass is 10.1. The van der Waals surface area contributed by atoms with E-state index in [1.54, 1.807) is 0 Å². The van der Waals surface area contributed by atoms with Crippen molar-refractivity contribution in [3.63, 3.8) is 0 Å². The zero-order valence-electron chi connectivity index (χ0n) is 20.5. The Labute approximate surface area is 219 Å². The summed E-state index contributed by atoms with van der Waals surface area (Å²) >= 11 is 0. The first-order chi connectivity index (χ1) is 18.7. The van der Waals surface area contributed by atoms with E-state index in [4.69, 9.17) is 10.2 Å². The standard InChI is InChI=1S/C31H25N5O2/c32-16-15-20-11-13-21(14-12-20)31(37)36-23-6-3-5-22(17-23)35-29-18-27(33-19-34-29)26-9-4-8-25-24-7-1-2-10-28(24)38-30(25)26/h1-14,17-19H,15-16,32H2,(H,36,37)(H,33,34,35). The van der Waals surface area contributed by atoms with Gasteiger partial charge in [0.2, 0.25) is 0 Å². The van der Waals surface area contributed by atoms with Gasteiger partial charge >= 0.3 is 0 Å². The van der Waals surface area contributed by atoms with Gasteiger partial charge in [0.05, 0.1) is 5.69 Å². The molecule has 0 aliphatic rings. The van der Waals surface area contributed by atoms with Crippen LogP contribution >= 0.6 is 0 Å². The summed E-state index contributed by atoms with van der Waals surface area (Å²) in [5.41, 5.74) is 12.0. The van der Waals surface area contributed by atoms with Crippen LogP contribution in [0.2, 0.25) is 0 Å². The van der Waals surface area contributed by atoms with E-state index in [1.165, 1.54) is 6.33 Å². The third-order valence-corrected chi connectivity index (χ3v) is 6.39. The Morgan fingerprint density at radius 3 is 2.47 bits per heavy atom. The van der Waals surface area contributed by atoms with Gasteiger partial charge in [-0.3, -0.25) is 4.79 Å². The Kier molecular flexibility index (Phi) is 6.25. The van der Waals surface area contributed by atoms with Gasteiger partial charge in [0.15, 0.2) is 0 Å². The quantitative estimate of drug-likeness (QED) is 0.230. The lowest BCUT2D eigenvalue weighted by Crippen LogP contribution is -2.12. The number of aromatic nitrogens is 2. The van der Waals surface area contributed by atoms with Crippen molar-refractivity contribution in [1.82, 2.24) is 9.97 Å². The Balaban J connectivity index is 1.22. The van der Waals surface area contributed by atoms with Gasteiger partial charge in [0.25, 0.3) is 5.91 Å². The summed E-state index contributed by atoms with van der Waals surface area (Å²) in [6, 6.07) is 30.9. The Hall–Kier alpha value is -5.01. The maximum absolute atomic E-state index is 12.7. The normalized spacial score (nSPS) is 11.1. The molecule has 0 unspecified atom stereocenters. The second-order valence-corrected chi connectivity index (χ2v) is 8.96. The van der Waals surface area contributed by atoms with Crippen LogP contribution < -0.4 is 16.4 Å². The van der Waals surface area contributed by atoms with Gasteiger partial charge in [-0.05, 0) is 61.0 Å². The lowest BCUT2D eigenvalue weighted by molar-refractivity contribution is 0.102. The minimum atomic E-state index is -0.176. The third kappa shape index (κ3) is 4.70. The average Bonchev–Trinajstić information content (AvgIpc) is 3.33. The number of benzene rings is 4. The summed E-state index contributed by atoms with van der Waals surface area (Å²) in [7, 11) is 0.